The lowest BCUT2D eigenvalue weighted by atomic mass is 10.2. The summed E-state index contributed by atoms with van der Waals surface area (Å²) in [6, 6.07) is 1.65. The highest BCUT2D eigenvalue weighted by Gasteiger charge is 2.38. The fraction of sp³-hybridized carbons (Fsp3) is 0.462. The van der Waals surface area contributed by atoms with Crippen LogP contribution in [-0.2, 0) is 9.53 Å². The molecule has 2 rings (SSSR count). The number of alkyl halides is 3. The lowest BCUT2D eigenvalue weighted by Crippen LogP contribution is -2.54. The SMILES string of the molecule is NC(=O)c1ccc(NC(=O)[C@H]2COCCN2CC(F)(F)F)cn1. The lowest BCUT2D eigenvalue weighted by molar-refractivity contribution is -0.165. The molecule has 3 N–H and O–H groups in total. The van der Waals surface area contributed by atoms with Gasteiger partial charge < -0.3 is 15.8 Å². The van der Waals surface area contributed by atoms with Crippen molar-refractivity contribution in [2.24, 2.45) is 5.73 Å². The predicted molar refractivity (Wildman–Crippen MR) is 73.6 cm³/mol. The van der Waals surface area contributed by atoms with Crippen molar-refractivity contribution in [3.8, 4) is 0 Å². The summed E-state index contributed by atoms with van der Waals surface area (Å²) in [5.74, 6) is -1.36. The Morgan fingerprint density at radius 2 is 2.17 bits per heavy atom. The first-order valence-corrected chi connectivity index (χ1v) is 6.71. The number of halogens is 3. The summed E-state index contributed by atoms with van der Waals surface area (Å²) < 4.78 is 42.8. The first-order valence-electron chi connectivity index (χ1n) is 6.71. The highest BCUT2D eigenvalue weighted by atomic mass is 19.4. The van der Waals surface area contributed by atoms with Crippen molar-refractivity contribution in [2.45, 2.75) is 12.2 Å². The van der Waals surface area contributed by atoms with Crippen molar-refractivity contribution < 1.29 is 27.5 Å². The molecule has 0 radical (unpaired) electrons. The second-order valence-corrected chi connectivity index (χ2v) is 4.96. The summed E-state index contributed by atoms with van der Waals surface area (Å²) in [6.45, 7) is -1.17. The minimum absolute atomic E-state index is 0.0104. The summed E-state index contributed by atoms with van der Waals surface area (Å²) in [7, 11) is 0. The van der Waals surface area contributed by atoms with Crippen molar-refractivity contribution in [3.05, 3.63) is 24.0 Å². The average Bonchev–Trinajstić information content (AvgIpc) is 2.46. The molecular weight excluding hydrogens is 317 g/mol. The quantitative estimate of drug-likeness (QED) is 0.831. The zero-order chi connectivity index (χ0) is 17.0. The fourth-order valence-electron chi connectivity index (χ4n) is 2.14. The highest BCUT2D eigenvalue weighted by molar-refractivity contribution is 5.95. The largest absolute Gasteiger partial charge is 0.401 e. The first-order chi connectivity index (χ1) is 10.8. The van der Waals surface area contributed by atoms with Gasteiger partial charge in [-0.2, -0.15) is 13.2 Å². The molecule has 0 aliphatic carbocycles. The van der Waals surface area contributed by atoms with Gasteiger partial charge in [-0.05, 0) is 12.1 Å². The van der Waals surface area contributed by atoms with Crippen LogP contribution in [0.4, 0.5) is 18.9 Å². The summed E-state index contributed by atoms with van der Waals surface area (Å²) in [5.41, 5.74) is 5.30. The molecular formula is C13H15F3N4O3. The number of pyridine rings is 1. The average molecular weight is 332 g/mol. The highest BCUT2D eigenvalue weighted by Crippen LogP contribution is 2.20. The number of nitrogens with two attached hydrogens (primary N) is 1. The molecule has 23 heavy (non-hydrogen) atoms. The van der Waals surface area contributed by atoms with Crippen molar-refractivity contribution >= 4 is 17.5 Å². The third kappa shape index (κ3) is 4.89. The Morgan fingerprint density at radius 1 is 1.43 bits per heavy atom. The van der Waals surface area contributed by atoms with Gasteiger partial charge in [-0.3, -0.25) is 14.5 Å². The molecule has 2 heterocycles. The number of aromatic nitrogens is 1. The van der Waals surface area contributed by atoms with Crippen LogP contribution in [-0.4, -0.2) is 60.2 Å². The van der Waals surface area contributed by atoms with Crippen molar-refractivity contribution in [3.63, 3.8) is 0 Å². The number of nitrogens with one attached hydrogen (secondary N) is 1. The molecule has 126 valence electrons. The fourth-order valence-corrected chi connectivity index (χ4v) is 2.14. The summed E-state index contributed by atoms with van der Waals surface area (Å²) in [4.78, 5) is 27.8. The van der Waals surface area contributed by atoms with Gasteiger partial charge >= 0.3 is 6.18 Å². The van der Waals surface area contributed by atoms with E-state index >= 15 is 0 Å². The number of amides is 2. The van der Waals surface area contributed by atoms with Crippen LogP contribution in [0.3, 0.4) is 0 Å². The topological polar surface area (TPSA) is 97.5 Å². The number of ether oxygens (including phenoxy) is 1. The second kappa shape index (κ2) is 6.92. The molecule has 1 atom stereocenters. The van der Waals surface area contributed by atoms with E-state index in [1.807, 2.05) is 0 Å². The van der Waals surface area contributed by atoms with Crippen molar-refractivity contribution in [1.29, 1.82) is 0 Å². The van der Waals surface area contributed by atoms with E-state index < -0.39 is 30.6 Å². The number of hydrogen-bond donors (Lipinski definition) is 2. The van der Waals surface area contributed by atoms with Crippen molar-refractivity contribution in [1.82, 2.24) is 9.88 Å². The Morgan fingerprint density at radius 3 is 2.74 bits per heavy atom. The summed E-state index contributed by atoms with van der Waals surface area (Å²) in [6.07, 6.45) is -3.20. The maximum atomic E-state index is 12.6. The Hall–Kier alpha value is -2.20. The second-order valence-electron chi connectivity index (χ2n) is 4.96. The van der Waals surface area contributed by atoms with Gasteiger partial charge in [0.25, 0.3) is 5.91 Å². The van der Waals surface area contributed by atoms with Crippen LogP contribution >= 0.6 is 0 Å². The monoisotopic (exact) mass is 332 g/mol. The van der Waals surface area contributed by atoms with E-state index in [1.165, 1.54) is 18.3 Å². The van der Waals surface area contributed by atoms with Crippen LogP contribution in [0.1, 0.15) is 10.5 Å². The number of morpholine rings is 1. The number of hydrogen-bond acceptors (Lipinski definition) is 5. The maximum absolute atomic E-state index is 12.6. The molecule has 1 aromatic heterocycles. The number of rotatable bonds is 4. The minimum Gasteiger partial charge on any atom is -0.378 e. The number of carbonyl (C=O) groups excluding carboxylic acids is 2. The van der Waals surface area contributed by atoms with Crippen LogP contribution < -0.4 is 11.1 Å². The number of carbonyl (C=O) groups is 2. The maximum Gasteiger partial charge on any atom is 0.401 e. The van der Waals surface area contributed by atoms with E-state index in [2.05, 4.69) is 10.3 Å². The molecule has 7 nitrogen and oxygen atoms in total. The summed E-state index contributed by atoms with van der Waals surface area (Å²) >= 11 is 0. The van der Waals surface area contributed by atoms with E-state index in [0.717, 1.165) is 4.90 Å². The van der Waals surface area contributed by atoms with Gasteiger partial charge in [0.1, 0.15) is 11.7 Å². The van der Waals surface area contributed by atoms with Crippen molar-refractivity contribution in [2.75, 3.05) is 31.6 Å². The van der Waals surface area contributed by atoms with Crippen LogP contribution in [0.2, 0.25) is 0 Å². The van der Waals surface area contributed by atoms with E-state index in [9.17, 15) is 22.8 Å². The Labute approximate surface area is 129 Å². The van der Waals surface area contributed by atoms with E-state index in [0.29, 0.717) is 0 Å². The Balaban J connectivity index is 2.03. The number of anilines is 1. The smallest absolute Gasteiger partial charge is 0.378 e. The molecule has 0 aromatic carbocycles. The standard InChI is InChI=1S/C13H15F3N4O3/c14-13(15,16)7-20-3-4-23-6-10(20)12(22)19-8-1-2-9(11(17)21)18-5-8/h1-2,5,10H,3-4,6-7H2,(H2,17,21)(H,19,22)/t10-/m1/s1. The molecule has 0 spiro atoms. The Kier molecular flexibility index (Phi) is 5.16. The van der Waals surface area contributed by atoms with Gasteiger partial charge in [0, 0.05) is 6.54 Å². The number of nitrogens with zero attached hydrogens (tertiary/aromatic N) is 2. The molecule has 1 aromatic rings. The van der Waals surface area contributed by atoms with Gasteiger partial charge in [0.05, 0.1) is 31.6 Å². The van der Waals surface area contributed by atoms with Gasteiger partial charge in [0.15, 0.2) is 0 Å². The van der Waals surface area contributed by atoms with Crippen LogP contribution in [0.5, 0.6) is 0 Å². The molecule has 0 unspecified atom stereocenters. The number of primary amides is 1. The van der Waals surface area contributed by atoms with Gasteiger partial charge in [-0.25, -0.2) is 4.98 Å². The van der Waals surface area contributed by atoms with E-state index in [4.69, 9.17) is 10.5 Å². The van der Waals surface area contributed by atoms with Crippen LogP contribution in [0.25, 0.3) is 0 Å². The van der Waals surface area contributed by atoms with Crippen LogP contribution in [0, 0.1) is 0 Å². The normalized spacial score (nSPS) is 19.3. The lowest BCUT2D eigenvalue weighted by Gasteiger charge is -2.34. The Bertz CT molecular complexity index is 577. The zero-order valence-corrected chi connectivity index (χ0v) is 12.0. The minimum atomic E-state index is -4.40. The molecule has 1 fully saturated rings. The zero-order valence-electron chi connectivity index (χ0n) is 12.0. The van der Waals surface area contributed by atoms with Gasteiger partial charge in [0.2, 0.25) is 5.91 Å². The first kappa shape index (κ1) is 17.2. The molecule has 1 aliphatic rings. The molecule has 2 amide bonds. The van der Waals surface area contributed by atoms with Gasteiger partial charge in [-0.15, -0.1) is 0 Å². The molecule has 0 saturated carbocycles. The molecule has 1 saturated heterocycles. The molecule has 0 bridgehead atoms. The van der Waals surface area contributed by atoms with Gasteiger partial charge in [-0.1, -0.05) is 0 Å². The van der Waals surface area contributed by atoms with E-state index in [-0.39, 0.29) is 31.1 Å². The summed E-state index contributed by atoms with van der Waals surface area (Å²) in [5, 5.41) is 2.45. The predicted octanol–water partition coefficient (Wildman–Crippen LogP) is 0.382. The molecule has 10 heteroatoms. The third-order valence-electron chi connectivity index (χ3n) is 3.21. The van der Waals surface area contributed by atoms with Crippen LogP contribution in [0.15, 0.2) is 18.3 Å². The molecule has 1 aliphatic heterocycles. The third-order valence-corrected chi connectivity index (χ3v) is 3.21. The van der Waals surface area contributed by atoms with E-state index in [1.54, 1.807) is 0 Å².